The van der Waals surface area contributed by atoms with Crippen LogP contribution in [0.25, 0.3) is 0 Å². The van der Waals surface area contributed by atoms with Crippen molar-refractivity contribution in [3.8, 4) is 0 Å². The van der Waals surface area contributed by atoms with Crippen molar-refractivity contribution >= 4 is 39.1 Å². The van der Waals surface area contributed by atoms with Crippen LogP contribution in [0.5, 0.6) is 0 Å². The lowest BCUT2D eigenvalue weighted by Gasteiger charge is -2.09. The van der Waals surface area contributed by atoms with E-state index in [9.17, 15) is 4.39 Å². The molecule has 2 N–H and O–H groups in total. The SMILES string of the molecule is Cc1cc(Nc2nccc(Nc3ccccc3F)n2)ccc1Br. The fraction of sp³-hybridized carbons (Fsp3) is 0.0588. The van der Waals surface area contributed by atoms with Gasteiger partial charge in [-0.25, -0.2) is 9.37 Å². The number of rotatable bonds is 4. The number of nitrogens with one attached hydrogen (secondary N) is 2. The number of aromatic nitrogens is 2. The summed E-state index contributed by atoms with van der Waals surface area (Å²) in [5.41, 5.74) is 2.36. The molecule has 0 unspecified atom stereocenters. The van der Waals surface area contributed by atoms with Crippen molar-refractivity contribution in [1.29, 1.82) is 0 Å². The normalized spacial score (nSPS) is 10.4. The zero-order chi connectivity index (χ0) is 16.2. The Morgan fingerprint density at radius 3 is 2.65 bits per heavy atom. The summed E-state index contributed by atoms with van der Waals surface area (Å²) in [6, 6.07) is 14.0. The van der Waals surface area contributed by atoms with Crippen molar-refractivity contribution in [2.24, 2.45) is 0 Å². The maximum atomic E-state index is 13.7. The van der Waals surface area contributed by atoms with Crippen LogP contribution in [-0.2, 0) is 0 Å². The van der Waals surface area contributed by atoms with E-state index in [-0.39, 0.29) is 5.82 Å². The number of hydrogen-bond acceptors (Lipinski definition) is 4. The van der Waals surface area contributed by atoms with E-state index >= 15 is 0 Å². The molecule has 116 valence electrons. The van der Waals surface area contributed by atoms with Gasteiger partial charge in [0.25, 0.3) is 0 Å². The van der Waals surface area contributed by atoms with Crippen molar-refractivity contribution in [3.05, 3.63) is 70.6 Å². The molecule has 0 aliphatic carbocycles. The van der Waals surface area contributed by atoms with Gasteiger partial charge in [-0.2, -0.15) is 4.98 Å². The molecule has 1 aromatic heterocycles. The zero-order valence-electron chi connectivity index (χ0n) is 12.3. The second-order valence-corrected chi connectivity index (χ2v) is 5.81. The summed E-state index contributed by atoms with van der Waals surface area (Å²) in [7, 11) is 0. The third-order valence-corrected chi connectivity index (χ3v) is 4.10. The molecule has 0 saturated heterocycles. The molecular formula is C17H14BrFN4. The highest BCUT2D eigenvalue weighted by atomic mass is 79.9. The number of hydrogen-bond donors (Lipinski definition) is 2. The van der Waals surface area contributed by atoms with Gasteiger partial charge >= 0.3 is 0 Å². The fourth-order valence-corrected chi connectivity index (χ4v) is 2.29. The zero-order valence-corrected chi connectivity index (χ0v) is 13.9. The lowest BCUT2D eigenvalue weighted by Crippen LogP contribution is -2.01. The minimum Gasteiger partial charge on any atom is -0.338 e. The Morgan fingerprint density at radius 2 is 1.87 bits per heavy atom. The molecule has 0 bridgehead atoms. The Morgan fingerprint density at radius 1 is 1.04 bits per heavy atom. The van der Waals surface area contributed by atoms with Crippen molar-refractivity contribution in [2.75, 3.05) is 10.6 Å². The van der Waals surface area contributed by atoms with E-state index in [0.29, 0.717) is 17.5 Å². The Labute approximate surface area is 141 Å². The van der Waals surface area contributed by atoms with Gasteiger partial charge in [0, 0.05) is 16.4 Å². The van der Waals surface area contributed by atoms with E-state index in [2.05, 4.69) is 36.5 Å². The molecule has 0 radical (unpaired) electrons. The van der Waals surface area contributed by atoms with E-state index in [1.165, 1.54) is 6.07 Å². The average Bonchev–Trinajstić information content (AvgIpc) is 2.54. The Kier molecular flexibility index (Phi) is 4.52. The summed E-state index contributed by atoms with van der Waals surface area (Å²) >= 11 is 3.47. The number of benzene rings is 2. The van der Waals surface area contributed by atoms with Gasteiger partial charge in [0.15, 0.2) is 0 Å². The number of nitrogens with zero attached hydrogens (tertiary/aromatic N) is 2. The summed E-state index contributed by atoms with van der Waals surface area (Å²) in [5, 5.41) is 6.08. The largest absolute Gasteiger partial charge is 0.338 e. The van der Waals surface area contributed by atoms with E-state index in [1.807, 2.05) is 25.1 Å². The Hall–Kier alpha value is -2.47. The number of halogens is 2. The number of anilines is 4. The van der Waals surface area contributed by atoms with Crippen LogP contribution < -0.4 is 10.6 Å². The second-order valence-electron chi connectivity index (χ2n) is 4.96. The van der Waals surface area contributed by atoms with E-state index in [0.717, 1.165) is 15.7 Å². The van der Waals surface area contributed by atoms with Crippen molar-refractivity contribution in [3.63, 3.8) is 0 Å². The Balaban J connectivity index is 1.79. The number of aryl methyl sites for hydroxylation is 1. The van der Waals surface area contributed by atoms with Gasteiger partial charge in [0.1, 0.15) is 11.6 Å². The third kappa shape index (κ3) is 3.84. The van der Waals surface area contributed by atoms with Crippen LogP contribution >= 0.6 is 15.9 Å². The average molecular weight is 373 g/mol. The molecule has 0 aliphatic heterocycles. The van der Waals surface area contributed by atoms with Gasteiger partial charge in [0.05, 0.1) is 5.69 Å². The molecule has 2 aromatic carbocycles. The van der Waals surface area contributed by atoms with Gasteiger partial charge in [0.2, 0.25) is 5.95 Å². The van der Waals surface area contributed by atoms with Crippen LogP contribution in [-0.4, -0.2) is 9.97 Å². The first-order valence-electron chi connectivity index (χ1n) is 6.99. The van der Waals surface area contributed by atoms with Crippen LogP contribution in [0.15, 0.2) is 59.2 Å². The predicted molar refractivity (Wildman–Crippen MR) is 93.9 cm³/mol. The summed E-state index contributed by atoms with van der Waals surface area (Å²) in [5.74, 6) is 0.624. The van der Waals surface area contributed by atoms with Crippen LogP contribution in [0, 0.1) is 12.7 Å². The predicted octanol–water partition coefficient (Wildman–Crippen LogP) is 5.17. The van der Waals surface area contributed by atoms with Gasteiger partial charge in [-0.1, -0.05) is 28.1 Å². The lowest BCUT2D eigenvalue weighted by molar-refractivity contribution is 0.632. The van der Waals surface area contributed by atoms with Crippen LogP contribution in [0.4, 0.5) is 27.5 Å². The summed E-state index contributed by atoms with van der Waals surface area (Å²) < 4.78 is 14.7. The Bertz CT molecular complexity index is 838. The maximum absolute atomic E-state index is 13.7. The quantitative estimate of drug-likeness (QED) is 0.662. The first-order chi connectivity index (χ1) is 11.1. The summed E-state index contributed by atoms with van der Waals surface area (Å²) in [6.45, 7) is 2.01. The van der Waals surface area contributed by atoms with Crippen LogP contribution in [0.1, 0.15) is 5.56 Å². The fourth-order valence-electron chi connectivity index (χ4n) is 2.04. The standard InChI is InChI=1S/C17H14BrFN4/c1-11-10-12(6-7-13(11)18)21-17-20-9-8-16(23-17)22-15-5-3-2-4-14(15)19/h2-10H,1H3,(H2,20,21,22,23). The van der Waals surface area contributed by atoms with Crippen molar-refractivity contribution < 1.29 is 4.39 Å². The highest BCUT2D eigenvalue weighted by Crippen LogP contribution is 2.23. The molecule has 0 fully saturated rings. The molecular weight excluding hydrogens is 359 g/mol. The van der Waals surface area contributed by atoms with Gasteiger partial charge in [-0.05, 0) is 48.9 Å². The molecule has 0 saturated carbocycles. The first kappa shape index (κ1) is 15.4. The summed E-state index contributed by atoms with van der Waals surface area (Å²) in [4.78, 5) is 8.53. The maximum Gasteiger partial charge on any atom is 0.229 e. The van der Waals surface area contributed by atoms with Crippen molar-refractivity contribution in [2.45, 2.75) is 6.92 Å². The lowest BCUT2D eigenvalue weighted by atomic mass is 10.2. The van der Waals surface area contributed by atoms with E-state index < -0.39 is 0 Å². The van der Waals surface area contributed by atoms with Crippen molar-refractivity contribution in [1.82, 2.24) is 9.97 Å². The smallest absolute Gasteiger partial charge is 0.229 e. The first-order valence-corrected chi connectivity index (χ1v) is 7.79. The van der Waals surface area contributed by atoms with E-state index in [4.69, 9.17) is 0 Å². The van der Waals surface area contributed by atoms with Crippen LogP contribution in [0.2, 0.25) is 0 Å². The molecule has 0 aliphatic rings. The highest BCUT2D eigenvalue weighted by Gasteiger charge is 2.04. The molecule has 0 atom stereocenters. The van der Waals surface area contributed by atoms with Gasteiger partial charge < -0.3 is 10.6 Å². The molecule has 6 heteroatoms. The van der Waals surface area contributed by atoms with Gasteiger partial charge in [-0.15, -0.1) is 0 Å². The highest BCUT2D eigenvalue weighted by molar-refractivity contribution is 9.10. The van der Waals surface area contributed by atoms with Crippen LogP contribution in [0.3, 0.4) is 0 Å². The minimum atomic E-state index is -0.329. The third-order valence-electron chi connectivity index (χ3n) is 3.21. The van der Waals surface area contributed by atoms with E-state index in [1.54, 1.807) is 30.5 Å². The molecule has 23 heavy (non-hydrogen) atoms. The molecule has 3 aromatic rings. The topological polar surface area (TPSA) is 49.8 Å². The second kappa shape index (κ2) is 6.75. The van der Waals surface area contributed by atoms with Gasteiger partial charge in [-0.3, -0.25) is 0 Å². The molecule has 0 amide bonds. The summed E-state index contributed by atoms with van der Waals surface area (Å²) in [6.07, 6.45) is 1.62. The minimum absolute atomic E-state index is 0.329. The number of para-hydroxylation sites is 1. The molecule has 4 nitrogen and oxygen atoms in total. The molecule has 1 heterocycles. The molecule has 0 spiro atoms. The monoisotopic (exact) mass is 372 g/mol. The molecule has 3 rings (SSSR count).